The minimum Gasteiger partial charge on any atom is -0.469 e. The number of unbranched alkanes of at least 4 members (excludes halogenated alkanes) is 15. The minimum absolute atomic E-state index is 0.0350. The van der Waals surface area contributed by atoms with E-state index in [1.54, 1.807) is 0 Å². The second-order valence-electron chi connectivity index (χ2n) is 10.2. The quantitative estimate of drug-likeness (QED) is 0.128. The van der Waals surface area contributed by atoms with Crippen molar-refractivity contribution in [3.05, 3.63) is 0 Å². The van der Waals surface area contributed by atoms with Crippen LogP contribution in [0.1, 0.15) is 150 Å². The molecule has 0 aliphatic rings. The van der Waals surface area contributed by atoms with Crippen LogP contribution in [0.15, 0.2) is 0 Å². The fraction of sp³-hybridized carbons (Fsp3) is 0.964. The Hall–Kier alpha value is -0.530. The molecular formula is C28H56O2. The Morgan fingerprint density at radius 1 is 0.600 bits per heavy atom. The molecule has 0 aliphatic carbocycles. The molecule has 30 heavy (non-hydrogen) atoms. The molecule has 0 N–H and O–H groups in total. The SMILES string of the molecule is CCCCCCCCCCCCCCCCCCC(C)CC(C)CC(C)C(=O)OC. The van der Waals surface area contributed by atoms with Crippen molar-refractivity contribution >= 4 is 5.97 Å². The van der Waals surface area contributed by atoms with Gasteiger partial charge in [-0.1, -0.05) is 137 Å². The van der Waals surface area contributed by atoms with E-state index in [0.717, 1.165) is 12.3 Å². The summed E-state index contributed by atoms with van der Waals surface area (Å²) in [4.78, 5) is 11.5. The van der Waals surface area contributed by atoms with E-state index < -0.39 is 0 Å². The van der Waals surface area contributed by atoms with Gasteiger partial charge in [-0.05, 0) is 24.7 Å². The lowest BCUT2D eigenvalue weighted by Gasteiger charge is -2.19. The van der Waals surface area contributed by atoms with E-state index in [0.29, 0.717) is 5.92 Å². The van der Waals surface area contributed by atoms with Crippen LogP contribution in [-0.4, -0.2) is 13.1 Å². The average molecular weight is 425 g/mol. The molecule has 0 saturated heterocycles. The highest BCUT2D eigenvalue weighted by Gasteiger charge is 2.18. The van der Waals surface area contributed by atoms with Gasteiger partial charge in [0.05, 0.1) is 13.0 Å². The molecule has 0 fully saturated rings. The van der Waals surface area contributed by atoms with Gasteiger partial charge < -0.3 is 4.74 Å². The standard InChI is InChI=1S/C28H56O2/c1-6-7-8-9-10-11-12-13-14-15-16-17-18-19-20-21-22-25(2)23-26(3)24-27(4)28(29)30-5/h25-27H,6-24H2,1-5H3. The van der Waals surface area contributed by atoms with E-state index in [4.69, 9.17) is 4.74 Å². The zero-order valence-corrected chi connectivity index (χ0v) is 21.5. The van der Waals surface area contributed by atoms with Crippen LogP contribution in [0.5, 0.6) is 0 Å². The van der Waals surface area contributed by atoms with Crippen molar-refractivity contribution in [1.82, 2.24) is 0 Å². The van der Waals surface area contributed by atoms with Gasteiger partial charge in [0.25, 0.3) is 0 Å². The fourth-order valence-corrected chi connectivity index (χ4v) is 4.84. The zero-order chi connectivity index (χ0) is 22.5. The molecule has 0 aliphatic heterocycles. The lowest BCUT2D eigenvalue weighted by molar-refractivity contribution is -0.145. The maximum absolute atomic E-state index is 11.5. The summed E-state index contributed by atoms with van der Waals surface area (Å²) in [6.45, 7) is 8.94. The molecule has 3 unspecified atom stereocenters. The maximum Gasteiger partial charge on any atom is 0.308 e. The summed E-state index contributed by atoms with van der Waals surface area (Å²) in [5.74, 6) is 1.35. The molecule has 0 aromatic rings. The van der Waals surface area contributed by atoms with Crippen LogP contribution in [0.2, 0.25) is 0 Å². The van der Waals surface area contributed by atoms with Crippen molar-refractivity contribution in [2.45, 2.75) is 150 Å². The highest BCUT2D eigenvalue weighted by atomic mass is 16.5. The van der Waals surface area contributed by atoms with E-state index in [1.807, 2.05) is 6.92 Å². The highest BCUT2D eigenvalue weighted by molar-refractivity contribution is 5.71. The second kappa shape index (κ2) is 21.7. The molecule has 0 aromatic heterocycles. The van der Waals surface area contributed by atoms with Crippen LogP contribution < -0.4 is 0 Å². The Morgan fingerprint density at radius 2 is 1.00 bits per heavy atom. The van der Waals surface area contributed by atoms with Crippen molar-refractivity contribution in [3.8, 4) is 0 Å². The monoisotopic (exact) mass is 424 g/mol. The van der Waals surface area contributed by atoms with Gasteiger partial charge in [0.15, 0.2) is 0 Å². The predicted molar refractivity (Wildman–Crippen MR) is 133 cm³/mol. The molecule has 0 bridgehead atoms. The van der Waals surface area contributed by atoms with Gasteiger partial charge in [-0.3, -0.25) is 4.79 Å². The normalized spacial score (nSPS) is 14.4. The molecule has 3 atom stereocenters. The number of carbonyl (C=O) groups excluding carboxylic acids is 1. The summed E-state index contributed by atoms with van der Waals surface area (Å²) in [5, 5.41) is 0. The molecule has 0 amide bonds. The Labute approximate surface area is 190 Å². The van der Waals surface area contributed by atoms with Gasteiger partial charge in [-0.15, -0.1) is 0 Å². The van der Waals surface area contributed by atoms with Crippen LogP contribution >= 0.6 is 0 Å². The summed E-state index contributed by atoms with van der Waals surface area (Å²) in [6.07, 6.45) is 26.5. The Bertz CT molecular complexity index is 366. The summed E-state index contributed by atoms with van der Waals surface area (Å²) in [7, 11) is 1.49. The summed E-state index contributed by atoms with van der Waals surface area (Å²) < 4.78 is 4.84. The van der Waals surface area contributed by atoms with Gasteiger partial charge in [-0.25, -0.2) is 0 Å². The van der Waals surface area contributed by atoms with Gasteiger partial charge >= 0.3 is 5.97 Å². The summed E-state index contributed by atoms with van der Waals surface area (Å²) in [6, 6.07) is 0. The number of ether oxygens (including phenoxy) is 1. The average Bonchev–Trinajstić information content (AvgIpc) is 2.72. The highest BCUT2D eigenvalue weighted by Crippen LogP contribution is 2.24. The van der Waals surface area contributed by atoms with Crippen LogP contribution in [0.3, 0.4) is 0 Å². The molecule has 0 aromatic carbocycles. The first-order valence-electron chi connectivity index (χ1n) is 13.6. The molecular weight excluding hydrogens is 368 g/mol. The Morgan fingerprint density at radius 3 is 1.40 bits per heavy atom. The number of esters is 1. The molecule has 0 rings (SSSR count). The van der Waals surface area contributed by atoms with Crippen molar-refractivity contribution in [3.63, 3.8) is 0 Å². The predicted octanol–water partition coefficient (Wildman–Crippen LogP) is 9.50. The first-order valence-corrected chi connectivity index (χ1v) is 13.6. The molecule has 180 valence electrons. The zero-order valence-electron chi connectivity index (χ0n) is 21.5. The van der Waals surface area contributed by atoms with Crippen molar-refractivity contribution in [1.29, 1.82) is 0 Å². The number of hydrogen-bond acceptors (Lipinski definition) is 2. The molecule has 0 radical (unpaired) electrons. The number of rotatable bonds is 22. The first kappa shape index (κ1) is 29.5. The van der Waals surface area contributed by atoms with E-state index in [2.05, 4.69) is 20.8 Å². The second-order valence-corrected chi connectivity index (χ2v) is 10.2. The number of hydrogen-bond donors (Lipinski definition) is 0. The molecule has 2 heteroatoms. The lowest BCUT2D eigenvalue weighted by Crippen LogP contribution is -2.16. The van der Waals surface area contributed by atoms with Crippen LogP contribution in [0, 0.1) is 17.8 Å². The van der Waals surface area contributed by atoms with Crippen LogP contribution in [0.25, 0.3) is 0 Å². The Balaban J connectivity index is 3.34. The van der Waals surface area contributed by atoms with Gasteiger partial charge in [0.2, 0.25) is 0 Å². The molecule has 0 heterocycles. The third kappa shape index (κ3) is 19.4. The van der Waals surface area contributed by atoms with Crippen molar-refractivity contribution in [2.75, 3.05) is 7.11 Å². The topological polar surface area (TPSA) is 26.3 Å². The first-order chi connectivity index (χ1) is 14.5. The fourth-order valence-electron chi connectivity index (χ4n) is 4.84. The minimum atomic E-state index is -0.0627. The van der Waals surface area contributed by atoms with E-state index >= 15 is 0 Å². The van der Waals surface area contributed by atoms with Gasteiger partial charge in [0.1, 0.15) is 0 Å². The molecule has 2 nitrogen and oxygen atoms in total. The van der Waals surface area contributed by atoms with Crippen LogP contribution in [-0.2, 0) is 9.53 Å². The van der Waals surface area contributed by atoms with E-state index in [-0.39, 0.29) is 11.9 Å². The lowest BCUT2D eigenvalue weighted by atomic mass is 9.87. The third-order valence-corrected chi connectivity index (χ3v) is 6.71. The van der Waals surface area contributed by atoms with Gasteiger partial charge in [-0.2, -0.15) is 0 Å². The van der Waals surface area contributed by atoms with Crippen LogP contribution in [0.4, 0.5) is 0 Å². The smallest absolute Gasteiger partial charge is 0.308 e. The van der Waals surface area contributed by atoms with Crippen molar-refractivity contribution < 1.29 is 9.53 Å². The molecule has 0 spiro atoms. The largest absolute Gasteiger partial charge is 0.469 e. The molecule has 0 saturated carbocycles. The number of carbonyl (C=O) groups is 1. The third-order valence-electron chi connectivity index (χ3n) is 6.71. The number of methoxy groups -OCH3 is 1. The van der Waals surface area contributed by atoms with E-state index in [9.17, 15) is 4.79 Å². The maximum atomic E-state index is 11.5. The van der Waals surface area contributed by atoms with Crippen molar-refractivity contribution in [2.24, 2.45) is 17.8 Å². The Kier molecular flexibility index (Phi) is 21.3. The summed E-state index contributed by atoms with van der Waals surface area (Å²) >= 11 is 0. The summed E-state index contributed by atoms with van der Waals surface area (Å²) in [5.41, 5.74) is 0. The van der Waals surface area contributed by atoms with E-state index in [1.165, 1.54) is 123 Å². The van der Waals surface area contributed by atoms with Gasteiger partial charge in [0, 0.05) is 0 Å².